The maximum atomic E-state index is 5.57. The van der Waals surface area contributed by atoms with Crippen molar-refractivity contribution in [3.8, 4) is 0 Å². The van der Waals surface area contributed by atoms with E-state index in [1.54, 1.807) is 0 Å². The highest BCUT2D eigenvalue weighted by molar-refractivity contribution is 4.68. The van der Waals surface area contributed by atoms with E-state index in [1.165, 1.54) is 12.8 Å². The molecule has 4 heteroatoms. The van der Waals surface area contributed by atoms with E-state index in [2.05, 4.69) is 5.43 Å². The van der Waals surface area contributed by atoms with E-state index >= 15 is 0 Å². The highest BCUT2D eigenvalue weighted by Crippen LogP contribution is 2.18. The molecule has 0 aromatic rings. The molecule has 1 saturated heterocycles. The van der Waals surface area contributed by atoms with Gasteiger partial charge in [0.15, 0.2) is 0 Å². The average molecular weight is 216 g/mol. The summed E-state index contributed by atoms with van der Waals surface area (Å²) in [6.45, 7) is 4.41. The molecule has 0 saturated carbocycles. The van der Waals surface area contributed by atoms with Crippen molar-refractivity contribution in [1.82, 2.24) is 5.43 Å². The topological polar surface area (TPSA) is 56.5 Å². The lowest BCUT2D eigenvalue weighted by atomic mass is 10.1. The van der Waals surface area contributed by atoms with Gasteiger partial charge in [-0.2, -0.15) is 0 Å². The van der Waals surface area contributed by atoms with Crippen molar-refractivity contribution >= 4 is 0 Å². The second-order valence-corrected chi connectivity index (χ2v) is 4.09. The molecule has 0 radical (unpaired) electrons. The predicted molar refractivity (Wildman–Crippen MR) is 60.4 cm³/mol. The highest BCUT2D eigenvalue weighted by atomic mass is 16.5. The van der Waals surface area contributed by atoms with Gasteiger partial charge in [-0.1, -0.05) is 0 Å². The van der Waals surface area contributed by atoms with Crippen molar-refractivity contribution in [3.05, 3.63) is 0 Å². The Morgan fingerprint density at radius 1 is 1.60 bits per heavy atom. The van der Waals surface area contributed by atoms with Crippen LogP contribution in [-0.2, 0) is 9.47 Å². The molecular weight excluding hydrogens is 192 g/mol. The van der Waals surface area contributed by atoms with Crippen LogP contribution in [0.15, 0.2) is 0 Å². The Morgan fingerprint density at radius 3 is 3.07 bits per heavy atom. The first kappa shape index (κ1) is 12.9. The molecule has 1 aliphatic heterocycles. The Hall–Kier alpha value is -0.160. The molecule has 2 unspecified atom stereocenters. The van der Waals surface area contributed by atoms with E-state index in [9.17, 15) is 0 Å². The molecular formula is C11H24N2O2. The first-order valence-electron chi connectivity index (χ1n) is 6.02. The molecule has 90 valence electrons. The third-order valence-corrected chi connectivity index (χ3v) is 2.86. The first-order valence-corrected chi connectivity index (χ1v) is 6.02. The standard InChI is InChI=1S/C11H24N2O2/c1-2-14-9-10(13-12)5-3-6-11-7-4-8-15-11/h10-11,13H,2-9,12H2,1H3. The summed E-state index contributed by atoms with van der Waals surface area (Å²) >= 11 is 0. The summed E-state index contributed by atoms with van der Waals surface area (Å²) in [5.41, 5.74) is 2.80. The van der Waals surface area contributed by atoms with E-state index in [4.69, 9.17) is 15.3 Å². The second-order valence-electron chi connectivity index (χ2n) is 4.09. The van der Waals surface area contributed by atoms with Gasteiger partial charge in [0.2, 0.25) is 0 Å². The van der Waals surface area contributed by atoms with Gasteiger partial charge in [-0.05, 0) is 39.0 Å². The van der Waals surface area contributed by atoms with Crippen LogP contribution in [-0.4, -0.2) is 32.0 Å². The van der Waals surface area contributed by atoms with Gasteiger partial charge in [0.05, 0.1) is 12.7 Å². The smallest absolute Gasteiger partial charge is 0.0632 e. The Morgan fingerprint density at radius 2 is 2.47 bits per heavy atom. The molecule has 1 aliphatic rings. The molecule has 0 aromatic carbocycles. The molecule has 1 fully saturated rings. The summed E-state index contributed by atoms with van der Waals surface area (Å²) in [6, 6.07) is 0.284. The van der Waals surface area contributed by atoms with Crippen molar-refractivity contribution < 1.29 is 9.47 Å². The maximum Gasteiger partial charge on any atom is 0.0632 e. The summed E-state index contributed by atoms with van der Waals surface area (Å²) in [5, 5.41) is 0. The summed E-state index contributed by atoms with van der Waals surface area (Å²) in [4.78, 5) is 0. The zero-order chi connectivity index (χ0) is 10.9. The van der Waals surface area contributed by atoms with Crippen LogP contribution in [0.4, 0.5) is 0 Å². The van der Waals surface area contributed by atoms with Gasteiger partial charge in [-0.15, -0.1) is 0 Å². The van der Waals surface area contributed by atoms with Crippen LogP contribution in [0.2, 0.25) is 0 Å². The number of ether oxygens (including phenoxy) is 2. The number of hydrogen-bond acceptors (Lipinski definition) is 4. The lowest BCUT2D eigenvalue weighted by molar-refractivity contribution is 0.0950. The van der Waals surface area contributed by atoms with Gasteiger partial charge < -0.3 is 9.47 Å². The Balaban J connectivity index is 2.00. The van der Waals surface area contributed by atoms with Crippen molar-refractivity contribution in [2.75, 3.05) is 19.8 Å². The van der Waals surface area contributed by atoms with Crippen molar-refractivity contribution in [3.63, 3.8) is 0 Å². The largest absolute Gasteiger partial charge is 0.380 e. The molecule has 2 atom stereocenters. The van der Waals surface area contributed by atoms with Gasteiger partial charge in [0.25, 0.3) is 0 Å². The third-order valence-electron chi connectivity index (χ3n) is 2.86. The number of rotatable bonds is 8. The van der Waals surface area contributed by atoms with Crippen LogP contribution in [0.25, 0.3) is 0 Å². The third kappa shape index (κ3) is 5.47. The van der Waals surface area contributed by atoms with Gasteiger partial charge in [-0.25, -0.2) is 0 Å². The van der Waals surface area contributed by atoms with E-state index in [1.807, 2.05) is 6.92 Å². The van der Waals surface area contributed by atoms with Crippen LogP contribution in [0.5, 0.6) is 0 Å². The predicted octanol–water partition coefficient (Wildman–Crippen LogP) is 1.20. The van der Waals surface area contributed by atoms with Gasteiger partial charge in [-0.3, -0.25) is 11.3 Å². The molecule has 4 nitrogen and oxygen atoms in total. The number of nitrogens with one attached hydrogen (secondary N) is 1. The van der Waals surface area contributed by atoms with Crippen molar-refractivity contribution in [1.29, 1.82) is 0 Å². The molecule has 0 amide bonds. The molecule has 0 aliphatic carbocycles. The molecule has 0 aromatic heterocycles. The molecule has 0 spiro atoms. The fraction of sp³-hybridized carbons (Fsp3) is 1.00. The number of hydrogen-bond donors (Lipinski definition) is 2. The van der Waals surface area contributed by atoms with Crippen LogP contribution in [0.1, 0.15) is 39.0 Å². The van der Waals surface area contributed by atoms with E-state index in [-0.39, 0.29) is 6.04 Å². The Bertz CT molecular complexity index is 150. The van der Waals surface area contributed by atoms with Crippen molar-refractivity contribution in [2.45, 2.75) is 51.2 Å². The Kier molecular flexibility index (Phi) is 6.92. The molecule has 15 heavy (non-hydrogen) atoms. The van der Waals surface area contributed by atoms with Crippen LogP contribution >= 0.6 is 0 Å². The normalized spacial score (nSPS) is 23.2. The first-order chi connectivity index (χ1) is 7.36. The molecule has 1 rings (SSSR count). The SMILES string of the molecule is CCOCC(CCCC1CCCO1)NN. The quantitative estimate of drug-likeness (QED) is 0.473. The van der Waals surface area contributed by atoms with Gasteiger partial charge in [0.1, 0.15) is 0 Å². The fourth-order valence-corrected chi connectivity index (χ4v) is 1.94. The van der Waals surface area contributed by atoms with E-state index in [0.29, 0.717) is 12.7 Å². The maximum absolute atomic E-state index is 5.57. The Labute approximate surface area is 92.5 Å². The minimum atomic E-state index is 0.284. The zero-order valence-corrected chi connectivity index (χ0v) is 9.71. The molecule has 3 N–H and O–H groups in total. The molecule has 0 bridgehead atoms. The highest BCUT2D eigenvalue weighted by Gasteiger charge is 2.15. The second kappa shape index (κ2) is 8.05. The summed E-state index contributed by atoms with van der Waals surface area (Å²) in [7, 11) is 0. The lowest BCUT2D eigenvalue weighted by Crippen LogP contribution is -2.38. The number of nitrogens with two attached hydrogens (primary N) is 1. The van der Waals surface area contributed by atoms with E-state index in [0.717, 1.165) is 32.5 Å². The zero-order valence-electron chi connectivity index (χ0n) is 9.71. The van der Waals surface area contributed by atoms with Gasteiger partial charge >= 0.3 is 0 Å². The minimum absolute atomic E-state index is 0.284. The van der Waals surface area contributed by atoms with Crippen LogP contribution in [0.3, 0.4) is 0 Å². The van der Waals surface area contributed by atoms with E-state index < -0.39 is 0 Å². The fourth-order valence-electron chi connectivity index (χ4n) is 1.94. The lowest BCUT2D eigenvalue weighted by Gasteiger charge is -2.16. The van der Waals surface area contributed by atoms with Crippen LogP contribution in [0, 0.1) is 0 Å². The summed E-state index contributed by atoms with van der Waals surface area (Å²) in [6.07, 6.45) is 6.33. The summed E-state index contributed by atoms with van der Waals surface area (Å²) in [5.74, 6) is 5.45. The number of hydrazine groups is 1. The van der Waals surface area contributed by atoms with Gasteiger partial charge in [0, 0.05) is 19.3 Å². The van der Waals surface area contributed by atoms with Crippen LogP contribution < -0.4 is 11.3 Å². The molecule has 1 heterocycles. The summed E-state index contributed by atoms with van der Waals surface area (Å²) < 4.78 is 10.9. The minimum Gasteiger partial charge on any atom is -0.380 e. The van der Waals surface area contributed by atoms with Crippen molar-refractivity contribution in [2.24, 2.45) is 5.84 Å². The average Bonchev–Trinajstić information content (AvgIpc) is 2.76. The monoisotopic (exact) mass is 216 g/mol.